The van der Waals surface area contributed by atoms with Crippen LogP contribution in [-0.4, -0.2) is 65.3 Å². The van der Waals surface area contributed by atoms with Crippen LogP contribution < -0.4 is 20.4 Å². The third kappa shape index (κ3) is 6.94. The quantitative estimate of drug-likeness (QED) is 0.543. The van der Waals surface area contributed by atoms with Gasteiger partial charge in [-0.05, 0) is 35.9 Å². The lowest BCUT2D eigenvalue weighted by Gasteiger charge is -2.23. The first-order valence-corrected chi connectivity index (χ1v) is 10.6. The number of quaternary nitrogens is 1. The summed E-state index contributed by atoms with van der Waals surface area (Å²) >= 11 is 0. The Balaban J connectivity index is 1.70. The molecule has 1 heterocycles. The fourth-order valence-electron chi connectivity index (χ4n) is 3.34. The highest BCUT2D eigenvalue weighted by Crippen LogP contribution is 2.14. The molecular formula is C24H31N4O3+. The number of rotatable bonds is 8. The molecule has 0 aliphatic carbocycles. The van der Waals surface area contributed by atoms with Gasteiger partial charge in [0.15, 0.2) is 0 Å². The highest BCUT2D eigenvalue weighted by molar-refractivity contribution is 6.05. The zero-order chi connectivity index (χ0) is 22.1. The summed E-state index contributed by atoms with van der Waals surface area (Å²) in [7, 11) is 3.94. The molecule has 0 bridgehead atoms. The van der Waals surface area contributed by atoms with Crippen LogP contribution in [0.25, 0.3) is 6.08 Å². The van der Waals surface area contributed by atoms with Crippen molar-refractivity contribution in [3.8, 4) is 0 Å². The van der Waals surface area contributed by atoms with Crippen LogP contribution in [0.5, 0.6) is 0 Å². The van der Waals surface area contributed by atoms with Gasteiger partial charge in [-0.1, -0.05) is 30.3 Å². The van der Waals surface area contributed by atoms with Gasteiger partial charge in [-0.25, -0.2) is 0 Å². The number of hydrogen-bond acceptors (Lipinski definition) is 4. The third-order valence-corrected chi connectivity index (χ3v) is 5.21. The highest BCUT2D eigenvalue weighted by Gasteiger charge is 2.17. The van der Waals surface area contributed by atoms with Gasteiger partial charge in [0.1, 0.15) is 18.8 Å². The SMILES string of the molecule is CN(C)c1ccc(/C=C(\NC(=O)c2ccccc2)C(=O)NCC[NH+]2CCOCC2)cc1. The summed E-state index contributed by atoms with van der Waals surface area (Å²) in [6.45, 7) is 4.76. The Morgan fingerprint density at radius 2 is 1.71 bits per heavy atom. The zero-order valence-corrected chi connectivity index (χ0v) is 18.2. The van der Waals surface area contributed by atoms with Gasteiger partial charge in [0.2, 0.25) is 0 Å². The number of carbonyl (C=O) groups excluding carboxylic acids is 2. The second-order valence-electron chi connectivity index (χ2n) is 7.73. The predicted molar refractivity (Wildman–Crippen MR) is 122 cm³/mol. The van der Waals surface area contributed by atoms with E-state index in [0.717, 1.165) is 44.1 Å². The van der Waals surface area contributed by atoms with Crippen LogP contribution in [0.1, 0.15) is 15.9 Å². The Kier molecular flexibility index (Phi) is 8.20. The van der Waals surface area contributed by atoms with E-state index in [2.05, 4.69) is 10.6 Å². The molecule has 0 spiro atoms. The second-order valence-corrected chi connectivity index (χ2v) is 7.73. The van der Waals surface area contributed by atoms with E-state index in [0.29, 0.717) is 12.1 Å². The minimum absolute atomic E-state index is 0.225. The molecule has 2 aromatic rings. The van der Waals surface area contributed by atoms with Crippen molar-refractivity contribution in [2.45, 2.75) is 0 Å². The van der Waals surface area contributed by atoms with Crippen LogP contribution in [0.3, 0.4) is 0 Å². The van der Waals surface area contributed by atoms with E-state index in [1.807, 2.05) is 49.3 Å². The molecule has 164 valence electrons. The molecule has 7 heteroatoms. The molecule has 31 heavy (non-hydrogen) atoms. The molecule has 0 atom stereocenters. The number of morpholine rings is 1. The lowest BCUT2D eigenvalue weighted by molar-refractivity contribution is -0.906. The van der Waals surface area contributed by atoms with Crippen molar-refractivity contribution in [3.63, 3.8) is 0 Å². The van der Waals surface area contributed by atoms with Gasteiger partial charge in [0.05, 0.1) is 26.3 Å². The average Bonchev–Trinajstić information content (AvgIpc) is 2.80. The van der Waals surface area contributed by atoms with E-state index < -0.39 is 0 Å². The fraction of sp³-hybridized carbons (Fsp3) is 0.333. The van der Waals surface area contributed by atoms with E-state index in [1.165, 1.54) is 4.90 Å². The van der Waals surface area contributed by atoms with Gasteiger partial charge < -0.3 is 25.2 Å². The van der Waals surface area contributed by atoms with Crippen LogP contribution in [0, 0.1) is 0 Å². The smallest absolute Gasteiger partial charge is 0.268 e. The van der Waals surface area contributed by atoms with Crippen LogP contribution in [0.2, 0.25) is 0 Å². The number of hydrogen-bond donors (Lipinski definition) is 3. The van der Waals surface area contributed by atoms with Gasteiger partial charge in [0.25, 0.3) is 11.8 Å². The molecule has 1 aliphatic rings. The first-order valence-electron chi connectivity index (χ1n) is 10.6. The number of nitrogens with zero attached hydrogens (tertiary/aromatic N) is 1. The van der Waals surface area contributed by atoms with E-state index in [1.54, 1.807) is 30.3 Å². The molecule has 0 saturated carbocycles. The molecule has 0 unspecified atom stereocenters. The minimum Gasteiger partial charge on any atom is -0.378 e. The maximum absolute atomic E-state index is 12.9. The van der Waals surface area contributed by atoms with E-state index >= 15 is 0 Å². The number of amides is 2. The first kappa shape index (κ1) is 22.5. The summed E-state index contributed by atoms with van der Waals surface area (Å²) in [5, 5.41) is 5.73. The van der Waals surface area contributed by atoms with Gasteiger partial charge in [-0.3, -0.25) is 9.59 Å². The number of nitrogens with one attached hydrogen (secondary N) is 3. The van der Waals surface area contributed by atoms with E-state index in [9.17, 15) is 9.59 Å². The lowest BCUT2D eigenvalue weighted by atomic mass is 10.1. The van der Waals surface area contributed by atoms with Crippen LogP contribution in [0.4, 0.5) is 5.69 Å². The standard InChI is InChI=1S/C24H30N4O3/c1-27(2)21-10-8-19(9-11-21)18-22(26-23(29)20-6-4-3-5-7-20)24(30)25-12-13-28-14-16-31-17-15-28/h3-11,18H,12-17H2,1-2H3,(H,25,30)(H,26,29)/p+1/b22-18-. The Hall–Kier alpha value is -3.16. The monoisotopic (exact) mass is 423 g/mol. The summed E-state index contributed by atoms with van der Waals surface area (Å²) in [4.78, 5) is 29.0. The molecule has 1 saturated heterocycles. The summed E-state index contributed by atoms with van der Waals surface area (Å²) in [6, 6.07) is 16.7. The Bertz CT molecular complexity index is 889. The van der Waals surface area contributed by atoms with Crippen LogP contribution in [0.15, 0.2) is 60.3 Å². The van der Waals surface area contributed by atoms with Crippen molar-refractivity contribution in [1.82, 2.24) is 10.6 Å². The minimum atomic E-state index is -0.314. The molecule has 2 aromatic carbocycles. The normalized spacial score (nSPS) is 14.7. The number of benzene rings is 2. The Morgan fingerprint density at radius 1 is 1.03 bits per heavy atom. The molecule has 2 amide bonds. The molecule has 0 aromatic heterocycles. The topological polar surface area (TPSA) is 75.1 Å². The highest BCUT2D eigenvalue weighted by atomic mass is 16.5. The number of anilines is 1. The zero-order valence-electron chi connectivity index (χ0n) is 18.2. The third-order valence-electron chi connectivity index (χ3n) is 5.21. The van der Waals surface area contributed by atoms with Gasteiger partial charge in [-0.2, -0.15) is 0 Å². The summed E-state index contributed by atoms with van der Waals surface area (Å²) < 4.78 is 5.37. The summed E-state index contributed by atoms with van der Waals surface area (Å²) in [5.74, 6) is -0.612. The van der Waals surface area contributed by atoms with Crippen molar-refractivity contribution in [2.75, 3.05) is 58.4 Å². The van der Waals surface area contributed by atoms with Gasteiger partial charge >= 0.3 is 0 Å². The molecule has 1 aliphatic heterocycles. The maximum atomic E-state index is 12.9. The number of ether oxygens (including phenoxy) is 1. The predicted octanol–water partition coefficient (Wildman–Crippen LogP) is 0.555. The summed E-state index contributed by atoms with van der Waals surface area (Å²) in [6.07, 6.45) is 1.71. The van der Waals surface area contributed by atoms with E-state index in [4.69, 9.17) is 4.74 Å². The average molecular weight is 424 g/mol. The molecule has 0 radical (unpaired) electrons. The first-order chi connectivity index (χ1) is 15.0. The van der Waals surface area contributed by atoms with Crippen LogP contribution >= 0.6 is 0 Å². The van der Waals surface area contributed by atoms with Crippen molar-refractivity contribution in [1.29, 1.82) is 0 Å². The molecule has 3 rings (SSSR count). The molecule has 7 nitrogen and oxygen atoms in total. The van der Waals surface area contributed by atoms with Crippen molar-refractivity contribution in [2.24, 2.45) is 0 Å². The van der Waals surface area contributed by atoms with Crippen molar-refractivity contribution >= 4 is 23.6 Å². The molecule has 1 fully saturated rings. The van der Waals surface area contributed by atoms with Crippen LogP contribution in [-0.2, 0) is 9.53 Å². The Morgan fingerprint density at radius 3 is 2.35 bits per heavy atom. The lowest BCUT2D eigenvalue weighted by Crippen LogP contribution is -3.14. The fourth-order valence-corrected chi connectivity index (χ4v) is 3.34. The van der Waals surface area contributed by atoms with E-state index in [-0.39, 0.29) is 17.5 Å². The maximum Gasteiger partial charge on any atom is 0.268 e. The largest absolute Gasteiger partial charge is 0.378 e. The summed E-state index contributed by atoms with van der Waals surface area (Å²) in [5.41, 5.74) is 2.62. The van der Waals surface area contributed by atoms with Crippen molar-refractivity contribution in [3.05, 3.63) is 71.4 Å². The number of carbonyl (C=O) groups is 2. The Labute approximate surface area is 183 Å². The second kappa shape index (κ2) is 11.3. The van der Waals surface area contributed by atoms with Crippen molar-refractivity contribution < 1.29 is 19.2 Å². The van der Waals surface area contributed by atoms with Gasteiger partial charge in [-0.15, -0.1) is 0 Å². The molecular weight excluding hydrogens is 392 g/mol. The molecule has 3 N–H and O–H groups in total. The van der Waals surface area contributed by atoms with Gasteiger partial charge in [0, 0.05) is 25.3 Å².